The predicted molar refractivity (Wildman–Crippen MR) is 97.0 cm³/mol. The minimum Gasteiger partial charge on any atom is -0.321 e. The van der Waals surface area contributed by atoms with Crippen LogP contribution in [-0.2, 0) is 4.79 Å². The third kappa shape index (κ3) is 4.97. The first-order valence-electron chi connectivity index (χ1n) is 9.31. The maximum atomic E-state index is 12.8. The second kappa shape index (κ2) is 8.54. The van der Waals surface area contributed by atoms with Gasteiger partial charge in [-0.2, -0.15) is 11.8 Å². The van der Waals surface area contributed by atoms with E-state index in [1.54, 1.807) is 0 Å². The van der Waals surface area contributed by atoms with Crippen LogP contribution in [0.25, 0.3) is 0 Å². The van der Waals surface area contributed by atoms with E-state index in [2.05, 4.69) is 28.8 Å². The highest BCUT2D eigenvalue weighted by Gasteiger charge is 2.29. The van der Waals surface area contributed by atoms with Crippen LogP contribution in [0, 0.1) is 11.8 Å². The predicted octanol–water partition coefficient (Wildman–Crippen LogP) is 2.92. The Bertz CT molecular complexity index is 408. The molecule has 0 spiro atoms. The minimum absolute atomic E-state index is 0.153. The van der Waals surface area contributed by atoms with Crippen molar-refractivity contribution in [3.05, 3.63) is 12.2 Å². The molecule has 130 valence electrons. The van der Waals surface area contributed by atoms with E-state index >= 15 is 0 Å². The average Bonchev–Trinajstić information content (AvgIpc) is 3.25. The SMILES string of the molecule is CC1CCC(/C=C/C(=O)N(CC2CCCS2)C2CCNN2)CC1. The fraction of sp³-hybridized carbons (Fsp3) is 0.833. The first-order valence-corrected chi connectivity index (χ1v) is 10.4. The first kappa shape index (κ1) is 17.3. The van der Waals surface area contributed by atoms with Gasteiger partial charge in [0, 0.05) is 18.3 Å². The lowest BCUT2D eigenvalue weighted by atomic mass is 9.83. The number of carbonyl (C=O) groups excluding carboxylic acids is 1. The minimum atomic E-state index is 0.153. The maximum Gasteiger partial charge on any atom is 0.247 e. The second-order valence-electron chi connectivity index (χ2n) is 7.38. The van der Waals surface area contributed by atoms with Gasteiger partial charge in [-0.25, -0.2) is 5.43 Å². The third-order valence-electron chi connectivity index (χ3n) is 5.47. The molecule has 2 saturated heterocycles. The van der Waals surface area contributed by atoms with Gasteiger partial charge in [0.25, 0.3) is 0 Å². The molecular weight excluding hydrogens is 306 g/mol. The molecule has 2 heterocycles. The Balaban J connectivity index is 1.57. The lowest BCUT2D eigenvalue weighted by Gasteiger charge is -2.30. The Morgan fingerprint density at radius 2 is 2.04 bits per heavy atom. The smallest absolute Gasteiger partial charge is 0.247 e. The Hall–Kier alpha value is -0.520. The molecule has 23 heavy (non-hydrogen) atoms. The number of hydrogen-bond acceptors (Lipinski definition) is 4. The summed E-state index contributed by atoms with van der Waals surface area (Å²) in [6.07, 6.45) is 12.8. The number of thioether (sulfide) groups is 1. The van der Waals surface area contributed by atoms with Gasteiger partial charge < -0.3 is 4.90 Å². The van der Waals surface area contributed by atoms with Crippen LogP contribution in [0.1, 0.15) is 51.9 Å². The molecule has 2 N–H and O–H groups in total. The molecular formula is C18H31N3OS. The fourth-order valence-corrected chi connectivity index (χ4v) is 5.14. The van der Waals surface area contributed by atoms with Crippen molar-refractivity contribution >= 4 is 17.7 Å². The Morgan fingerprint density at radius 1 is 1.22 bits per heavy atom. The van der Waals surface area contributed by atoms with Gasteiger partial charge in [-0.1, -0.05) is 25.8 Å². The monoisotopic (exact) mass is 337 g/mol. The van der Waals surface area contributed by atoms with Gasteiger partial charge in [-0.3, -0.25) is 10.2 Å². The van der Waals surface area contributed by atoms with Crippen LogP contribution in [0.5, 0.6) is 0 Å². The van der Waals surface area contributed by atoms with Crippen LogP contribution in [0.4, 0.5) is 0 Å². The van der Waals surface area contributed by atoms with Gasteiger partial charge in [-0.15, -0.1) is 0 Å². The summed E-state index contributed by atoms with van der Waals surface area (Å²) >= 11 is 2.03. The molecule has 3 aliphatic rings. The van der Waals surface area contributed by atoms with Crippen molar-refractivity contribution in [2.45, 2.75) is 63.3 Å². The van der Waals surface area contributed by atoms with Crippen molar-refractivity contribution in [3.63, 3.8) is 0 Å². The molecule has 1 aliphatic carbocycles. The number of hydrogen-bond donors (Lipinski definition) is 2. The standard InChI is InChI=1S/C18H31N3OS/c1-14-4-6-15(7-5-14)8-9-18(22)21(17-10-11-19-20-17)13-16-3-2-12-23-16/h8-9,14-17,19-20H,2-7,10-13H2,1H3/b9-8+. The van der Waals surface area contributed by atoms with Crippen LogP contribution in [0.2, 0.25) is 0 Å². The molecule has 0 aromatic carbocycles. The van der Waals surface area contributed by atoms with E-state index in [1.165, 1.54) is 44.3 Å². The summed E-state index contributed by atoms with van der Waals surface area (Å²) < 4.78 is 0. The number of hydrazine groups is 1. The van der Waals surface area contributed by atoms with Crippen molar-refractivity contribution in [1.82, 2.24) is 15.8 Å². The molecule has 0 bridgehead atoms. The summed E-state index contributed by atoms with van der Waals surface area (Å²) in [5, 5.41) is 0.616. The number of carbonyl (C=O) groups is 1. The van der Waals surface area contributed by atoms with Crippen LogP contribution in [0.15, 0.2) is 12.2 Å². The van der Waals surface area contributed by atoms with E-state index in [1.807, 2.05) is 17.8 Å². The molecule has 1 saturated carbocycles. The van der Waals surface area contributed by atoms with Crippen molar-refractivity contribution in [2.75, 3.05) is 18.8 Å². The molecule has 4 nitrogen and oxygen atoms in total. The normalized spacial score (nSPS) is 35.0. The number of allylic oxidation sites excluding steroid dienone is 1. The lowest BCUT2D eigenvalue weighted by molar-refractivity contribution is -0.128. The van der Waals surface area contributed by atoms with Crippen LogP contribution >= 0.6 is 11.8 Å². The first-order chi connectivity index (χ1) is 11.2. The van der Waals surface area contributed by atoms with Crippen molar-refractivity contribution in [1.29, 1.82) is 0 Å². The van der Waals surface area contributed by atoms with Gasteiger partial charge in [-0.05, 0) is 55.8 Å². The number of nitrogens with zero attached hydrogens (tertiary/aromatic N) is 1. The second-order valence-corrected chi connectivity index (χ2v) is 8.79. The quantitative estimate of drug-likeness (QED) is 0.757. The molecule has 2 atom stereocenters. The molecule has 2 aliphatic heterocycles. The van der Waals surface area contributed by atoms with Gasteiger partial charge in [0.05, 0.1) is 6.17 Å². The topological polar surface area (TPSA) is 44.4 Å². The summed E-state index contributed by atoms with van der Waals surface area (Å²) in [6, 6.07) is 0. The van der Waals surface area contributed by atoms with Crippen LogP contribution in [-0.4, -0.2) is 41.1 Å². The van der Waals surface area contributed by atoms with E-state index in [0.717, 1.165) is 25.4 Å². The van der Waals surface area contributed by atoms with Gasteiger partial charge in [0.15, 0.2) is 0 Å². The Kier molecular flexibility index (Phi) is 6.43. The molecule has 5 heteroatoms. The summed E-state index contributed by atoms with van der Waals surface area (Å²) in [5.74, 6) is 2.91. The Labute approximate surface area is 144 Å². The lowest BCUT2D eigenvalue weighted by Crippen LogP contribution is -2.49. The highest BCUT2D eigenvalue weighted by Crippen LogP contribution is 2.30. The van der Waals surface area contributed by atoms with Gasteiger partial charge >= 0.3 is 0 Å². The van der Waals surface area contributed by atoms with Crippen LogP contribution < -0.4 is 10.9 Å². The van der Waals surface area contributed by atoms with Crippen molar-refractivity contribution < 1.29 is 4.79 Å². The zero-order chi connectivity index (χ0) is 16.1. The molecule has 2 unspecified atom stereocenters. The van der Waals surface area contributed by atoms with Crippen molar-refractivity contribution in [2.24, 2.45) is 11.8 Å². The number of nitrogens with one attached hydrogen (secondary N) is 2. The zero-order valence-electron chi connectivity index (χ0n) is 14.3. The van der Waals surface area contributed by atoms with E-state index in [9.17, 15) is 4.79 Å². The molecule has 0 aromatic heterocycles. The van der Waals surface area contributed by atoms with E-state index in [0.29, 0.717) is 11.2 Å². The molecule has 0 radical (unpaired) electrons. The summed E-state index contributed by atoms with van der Waals surface area (Å²) in [4.78, 5) is 14.8. The summed E-state index contributed by atoms with van der Waals surface area (Å²) in [7, 11) is 0. The summed E-state index contributed by atoms with van der Waals surface area (Å²) in [6.45, 7) is 4.16. The average molecular weight is 338 g/mol. The highest BCUT2D eigenvalue weighted by molar-refractivity contribution is 8.00. The molecule has 1 amide bonds. The third-order valence-corrected chi connectivity index (χ3v) is 6.85. The van der Waals surface area contributed by atoms with E-state index in [-0.39, 0.29) is 12.1 Å². The van der Waals surface area contributed by atoms with Crippen LogP contribution in [0.3, 0.4) is 0 Å². The van der Waals surface area contributed by atoms with E-state index < -0.39 is 0 Å². The largest absolute Gasteiger partial charge is 0.321 e. The summed E-state index contributed by atoms with van der Waals surface area (Å²) in [5.41, 5.74) is 6.44. The molecule has 0 aromatic rings. The molecule has 3 fully saturated rings. The number of rotatable bonds is 5. The maximum absolute atomic E-state index is 12.8. The highest BCUT2D eigenvalue weighted by atomic mass is 32.2. The fourth-order valence-electron chi connectivity index (χ4n) is 3.88. The molecule has 3 rings (SSSR count). The van der Waals surface area contributed by atoms with Crippen molar-refractivity contribution in [3.8, 4) is 0 Å². The van der Waals surface area contributed by atoms with E-state index in [4.69, 9.17) is 0 Å². The van der Waals surface area contributed by atoms with Gasteiger partial charge in [0.1, 0.15) is 0 Å². The zero-order valence-corrected chi connectivity index (χ0v) is 15.1. The number of amides is 1. The van der Waals surface area contributed by atoms with Gasteiger partial charge in [0.2, 0.25) is 5.91 Å². The Morgan fingerprint density at radius 3 is 2.70 bits per heavy atom.